The number of terminal acetylenes is 1. The molecule has 1 fully saturated rings. The van der Waals surface area contributed by atoms with E-state index >= 15 is 0 Å². The molecule has 1 aliphatic rings. The molecule has 0 aromatic rings. The van der Waals surface area contributed by atoms with Gasteiger partial charge in [-0.15, -0.1) is 6.42 Å². The molecule has 0 aromatic carbocycles. The number of carbonyl (C=O) groups is 1. The molecule has 0 aliphatic carbocycles. The Kier molecular flexibility index (Phi) is 4.21. The molecule has 0 bridgehead atoms. The van der Waals surface area contributed by atoms with Crippen molar-refractivity contribution in [2.75, 3.05) is 19.6 Å². The summed E-state index contributed by atoms with van der Waals surface area (Å²) in [4.78, 5) is 13.2. The quantitative estimate of drug-likeness (QED) is 0.518. The van der Waals surface area contributed by atoms with Crippen LogP contribution in [0.15, 0.2) is 12.7 Å². The smallest absolute Gasteiger partial charge is 0.247 e. The maximum absolute atomic E-state index is 11.5. The molecule has 3 heteroatoms. The highest BCUT2D eigenvalue weighted by Crippen LogP contribution is 2.10. The van der Waals surface area contributed by atoms with Gasteiger partial charge in [0, 0.05) is 12.6 Å². The third-order valence-electron chi connectivity index (χ3n) is 2.43. The largest absolute Gasteiger partial charge is 0.324 e. The van der Waals surface area contributed by atoms with Crippen LogP contribution in [0.4, 0.5) is 0 Å². The van der Waals surface area contributed by atoms with E-state index in [2.05, 4.69) is 17.8 Å². The predicted octanol–water partition coefficient (Wildman–Crippen LogP) is 0.386. The average Bonchev–Trinajstić information content (AvgIpc) is 2.26. The Hall–Kier alpha value is -1.27. The van der Waals surface area contributed by atoms with E-state index < -0.39 is 0 Å². The number of hydrogen-bond acceptors (Lipinski definition) is 2. The normalized spacial score (nSPS) is 20.9. The molecule has 1 atom stereocenters. The van der Waals surface area contributed by atoms with Crippen LogP contribution in [0.1, 0.15) is 12.8 Å². The van der Waals surface area contributed by atoms with Crippen molar-refractivity contribution >= 4 is 5.91 Å². The minimum atomic E-state index is -0.0725. The second kappa shape index (κ2) is 5.46. The van der Waals surface area contributed by atoms with Gasteiger partial charge in [0.15, 0.2) is 0 Å². The number of amides is 1. The molecule has 0 radical (unpaired) electrons. The first-order chi connectivity index (χ1) is 6.79. The van der Waals surface area contributed by atoms with Crippen molar-refractivity contribution in [1.29, 1.82) is 0 Å². The molecule has 76 valence electrons. The molecule has 14 heavy (non-hydrogen) atoms. The Morgan fingerprint density at radius 3 is 3.07 bits per heavy atom. The summed E-state index contributed by atoms with van der Waals surface area (Å²) in [5.41, 5.74) is 0. The lowest BCUT2D eigenvalue weighted by Gasteiger charge is -2.32. The fourth-order valence-electron chi connectivity index (χ4n) is 1.70. The zero-order valence-electron chi connectivity index (χ0n) is 8.33. The molecule has 1 amide bonds. The van der Waals surface area contributed by atoms with Gasteiger partial charge in [-0.2, -0.15) is 0 Å². The van der Waals surface area contributed by atoms with Crippen molar-refractivity contribution in [3.8, 4) is 12.3 Å². The minimum Gasteiger partial charge on any atom is -0.324 e. The average molecular weight is 192 g/mol. The third kappa shape index (κ3) is 2.61. The topological polar surface area (TPSA) is 32.3 Å². The van der Waals surface area contributed by atoms with Crippen molar-refractivity contribution in [1.82, 2.24) is 10.2 Å². The first-order valence-electron chi connectivity index (χ1n) is 4.86. The van der Waals surface area contributed by atoms with E-state index in [1.54, 1.807) is 4.90 Å². The first-order valence-corrected chi connectivity index (χ1v) is 4.86. The van der Waals surface area contributed by atoms with Gasteiger partial charge in [-0.05, 0) is 25.5 Å². The highest BCUT2D eigenvalue weighted by atomic mass is 16.2. The van der Waals surface area contributed by atoms with Crippen molar-refractivity contribution in [2.45, 2.75) is 18.9 Å². The summed E-state index contributed by atoms with van der Waals surface area (Å²) in [6, 6.07) is 0.227. The number of nitrogens with one attached hydrogen (secondary N) is 1. The molecular weight excluding hydrogens is 176 g/mol. The van der Waals surface area contributed by atoms with Crippen molar-refractivity contribution in [3.63, 3.8) is 0 Å². The zero-order valence-corrected chi connectivity index (χ0v) is 8.33. The fraction of sp³-hybridized carbons (Fsp3) is 0.545. The molecule has 1 saturated heterocycles. The summed E-state index contributed by atoms with van der Waals surface area (Å²) in [5, 5.41) is 3.26. The Bertz CT molecular complexity index is 249. The van der Waals surface area contributed by atoms with Crippen molar-refractivity contribution in [3.05, 3.63) is 12.7 Å². The van der Waals surface area contributed by atoms with Crippen LogP contribution in [-0.4, -0.2) is 36.5 Å². The first kappa shape index (κ1) is 10.8. The maximum atomic E-state index is 11.5. The minimum absolute atomic E-state index is 0.0725. The molecule has 0 saturated carbocycles. The molecule has 1 rings (SSSR count). The van der Waals surface area contributed by atoms with Gasteiger partial charge < -0.3 is 10.2 Å². The van der Waals surface area contributed by atoms with Crippen LogP contribution in [0.5, 0.6) is 0 Å². The van der Waals surface area contributed by atoms with Crippen LogP contribution in [0.25, 0.3) is 0 Å². The van der Waals surface area contributed by atoms with Gasteiger partial charge in [-0.1, -0.05) is 12.5 Å². The van der Waals surface area contributed by atoms with Crippen LogP contribution in [0.3, 0.4) is 0 Å². The SMILES string of the molecule is C#CCN(C(=O)C=C)[C@H]1CCCNC1. The Balaban J connectivity index is 2.60. The second-order valence-electron chi connectivity index (χ2n) is 3.37. The van der Waals surface area contributed by atoms with E-state index in [1.807, 2.05) is 0 Å². The molecule has 0 spiro atoms. The van der Waals surface area contributed by atoms with Crippen LogP contribution in [-0.2, 0) is 4.79 Å². The van der Waals surface area contributed by atoms with Gasteiger partial charge in [0.25, 0.3) is 0 Å². The van der Waals surface area contributed by atoms with Gasteiger partial charge in [-0.3, -0.25) is 4.79 Å². The summed E-state index contributed by atoms with van der Waals surface area (Å²) in [7, 11) is 0. The van der Waals surface area contributed by atoms with Crippen molar-refractivity contribution in [2.24, 2.45) is 0 Å². The molecule has 0 unspecified atom stereocenters. The van der Waals surface area contributed by atoms with E-state index in [0.29, 0.717) is 6.54 Å². The lowest BCUT2D eigenvalue weighted by Crippen LogP contribution is -2.48. The molecule has 1 aliphatic heterocycles. The predicted molar refractivity (Wildman–Crippen MR) is 56.6 cm³/mol. The van der Waals surface area contributed by atoms with E-state index in [9.17, 15) is 4.79 Å². The monoisotopic (exact) mass is 192 g/mol. The van der Waals surface area contributed by atoms with Crippen molar-refractivity contribution < 1.29 is 4.79 Å². The van der Waals surface area contributed by atoms with E-state index in [1.165, 1.54) is 6.08 Å². The highest BCUT2D eigenvalue weighted by molar-refractivity contribution is 5.87. The summed E-state index contributed by atoms with van der Waals surface area (Å²) in [5.74, 6) is 2.44. The summed E-state index contributed by atoms with van der Waals surface area (Å²) < 4.78 is 0. The highest BCUT2D eigenvalue weighted by Gasteiger charge is 2.22. The number of piperidine rings is 1. The maximum Gasteiger partial charge on any atom is 0.247 e. The van der Waals surface area contributed by atoms with Crippen LogP contribution in [0, 0.1) is 12.3 Å². The van der Waals surface area contributed by atoms with Crippen LogP contribution in [0.2, 0.25) is 0 Å². The van der Waals surface area contributed by atoms with E-state index in [4.69, 9.17) is 6.42 Å². The Labute approximate surface area is 85.2 Å². The molecular formula is C11H16N2O. The summed E-state index contributed by atoms with van der Waals surface area (Å²) in [6.45, 7) is 5.72. The zero-order chi connectivity index (χ0) is 10.4. The standard InChI is InChI=1S/C11H16N2O/c1-3-8-13(11(14)4-2)10-6-5-7-12-9-10/h1,4,10,12H,2,5-9H2/t10-/m0/s1. The van der Waals surface area contributed by atoms with Crippen LogP contribution < -0.4 is 5.32 Å². The van der Waals surface area contributed by atoms with Gasteiger partial charge in [-0.25, -0.2) is 0 Å². The third-order valence-corrected chi connectivity index (χ3v) is 2.43. The summed E-state index contributed by atoms with van der Waals surface area (Å²) in [6.07, 6.45) is 8.67. The van der Waals surface area contributed by atoms with Gasteiger partial charge in [0.1, 0.15) is 0 Å². The van der Waals surface area contributed by atoms with E-state index in [-0.39, 0.29) is 11.9 Å². The van der Waals surface area contributed by atoms with Crippen LogP contribution >= 0.6 is 0 Å². The number of rotatable bonds is 3. The Morgan fingerprint density at radius 1 is 1.79 bits per heavy atom. The van der Waals surface area contributed by atoms with Gasteiger partial charge >= 0.3 is 0 Å². The lowest BCUT2D eigenvalue weighted by molar-refractivity contribution is -0.127. The number of carbonyl (C=O) groups excluding carboxylic acids is 1. The fourth-order valence-corrected chi connectivity index (χ4v) is 1.70. The molecule has 3 nitrogen and oxygen atoms in total. The molecule has 1 heterocycles. The number of nitrogens with zero attached hydrogens (tertiary/aromatic N) is 1. The second-order valence-corrected chi connectivity index (χ2v) is 3.37. The van der Waals surface area contributed by atoms with Gasteiger partial charge in [0.2, 0.25) is 5.91 Å². The van der Waals surface area contributed by atoms with Gasteiger partial charge in [0.05, 0.1) is 6.54 Å². The van der Waals surface area contributed by atoms with E-state index in [0.717, 1.165) is 25.9 Å². The Morgan fingerprint density at radius 2 is 2.57 bits per heavy atom. The number of hydrogen-bond donors (Lipinski definition) is 1. The summed E-state index contributed by atoms with van der Waals surface area (Å²) >= 11 is 0. The molecule has 0 aromatic heterocycles. The lowest BCUT2D eigenvalue weighted by atomic mass is 10.1. The molecule has 1 N–H and O–H groups in total.